The molecule has 1 aliphatic rings. The molecular formula is C19H19FN2O2. The zero-order chi connectivity index (χ0) is 17.3. The lowest BCUT2D eigenvalue weighted by Gasteiger charge is -2.20. The van der Waals surface area contributed by atoms with E-state index in [4.69, 9.17) is 0 Å². The van der Waals surface area contributed by atoms with Crippen LogP contribution >= 0.6 is 0 Å². The minimum Gasteiger partial charge on any atom is -0.350 e. The van der Waals surface area contributed by atoms with Gasteiger partial charge in [-0.25, -0.2) is 4.39 Å². The van der Waals surface area contributed by atoms with Crippen molar-refractivity contribution in [2.24, 2.45) is 0 Å². The number of nitrogens with zero attached hydrogens (tertiary/aromatic N) is 1. The topological polar surface area (TPSA) is 49.4 Å². The number of fused-ring (bicyclic) bond motifs is 1. The van der Waals surface area contributed by atoms with Crippen molar-refractivity contribution < 1.29 is 14.0 Å². The summed E-state index contributed by atoms with van der Waals surface area (Å²) in [5.41, 5.74) is 1.89. The summed E-state index contributed by atoms with van der Waals surface area (Å²) in [4.78, 5) is 26.4. The summed E-state index contributed by atoms with van der Waals surface area (Å²) in [5, 5.41) is 2.77. The van der Waals surface area contributed by atoms with Crippen LogP contribution in [-0.4, -0.2) is 18.4 Å². The number of hydrogen-bond acceptors (Lipinski definition) is 2. The van der Waals surface area contributed by atoms with E-state index in [9.17, 15) is 14.0 Å². The van der Waals surface area contributed by atoms with Crippen molar-refractivity contribution in [3.8, 4) is 0 Å². The first-order valence-electron chi connectivity index (χ1n) is 7.82. The van der Waals surface area contributed by atoms with Crippen LogP contribution in [0.3, 0.4) is 0 Å². The standard InChI is InChI=1S/C19H19FN2O2/c1-19(2)15-5-3-4-6-16(15)22(18(19)24)12-17(23)21-11-13-7-9-14(20)10-8-13/h3-10H,11-12H2,1-2H3,(H,21,23). The zero-order valence-corrected chi connectivity index (χ0v) is 13.7. The van der Waals surface area contributed by atoms with E-state index in [2.05, 4.69) is 5.32 Å². The van der Waals surface area contributed by atoms with Gasteiger partial charge in [0.25, 0.3) is 0 Å². The molecule has 2 amide bonds. The molecule has 2 aromatic carbocycles. The Bertz CT molecular complexity index is 784. The van der Waals surface area contributed by atoms with Crippen molar-refractivity contribution in [3.63, 3.8) is 0 Å². The van der Waals surface area contributed by atoms with Crippen molar-refractivity contribution in [2.75, 3.05) is 11.4 Å². The van der Waals surface area contributed by atoms with E-state index in [1.165, 1.54) is 17.0 Å². The van der Waals surface area contributed by atoms with E-state index in [0.717, 1.165) is 16.8 Å². The number of carbonyl (C=O) groups excluding carboxylic acids is 2. The quantitative estimate of drug-likeness (QED) is 0.939. The molecule has 4 nitrogen and oxygen atoms in total. The molecule has 0 fully saturated rings. The molecule has 0 atom stereocenters. The molecular weight excluding hydrogens is 307 g/mol. The predicted molar refractivity (Wildman–Crippen MR) is 90.1 cm³/mol. The molecule has 3 rings (SSSR count). The maximum absolute atomic E-state index is 12.9. The van der Waals surface area contributed by atoms with Crippen LogP contribution in [0.1, 0.15) is 25.0 Å². The third kappa shape index (κ3) is 2.89. The van der Waals surface area contributed by atoms with E-state index in [1.807, 2.05) is 38.1 Å². The van der Waals surface area contributed by atoms with Gasteiger partial charge in [0.05, 0.1) is 5.41 Å². The van der Waals surface area contributed by atoms with Crippen LogP contribution in [0.2, 0.25) is 0 Å². The van der Waals surface area contributed by atoms with E-state index < -0.39 is 5.41 Å². The number of carbonyl (C=O) groups is 2. The van der Waals surface area contributed by atoms with E-state index in [0.29, 0.717) is 6.54 Å². The Balaban J connectivity index is 1.68. The second-order valence-electron chi connectivity index (χ2n) is 6.44. The molecule has 2 aromatic rings. The number of rotatable bonds is 4. The van der Waals surface area contributed by atoms with Gasteiger partial charge in [-0.3, -0.25) is 9.59 Å². The lowest BCUT2D eigenvalue weighted by molar-refractivity contribution is -0.125. The average Bonchev–Trinajstić information content (AvgIpc) is 2.76. The lowest BCUT2D eigenvalue weighted by atomic mass is 9.86. The smallest absolute Gasteiger partial charge is 0.240 e. The Morgan fingerprint density at radius 3 is 2.50 bits per heavy atom. The summed E-state index contributed by atoms with van der Waals surface area (Å²) in [7, 11) is 0. The van der Waals surface area contributed by atoms with Gasteiger partial charge in [-0.1, -0.05) is 30.3 Å². The fraction of sp³-hybridized carbons (Fsp3) is 0.263. The van der Waals surface area contributed by atoms with Gasteiger partial charge < -0.3 is 10.2 Å². The fourth-order valence-corrected chi connectivity index (χ4v) is 2.96. The van der Waals surface area contributed by atoms with Gasteiger partial charge in [0.2, 0.25) is 11.8 Å². The average molecular weight is 326 g/mol. The number of halogens is 1. The normalized spacial score (nSPS) is 15.3. The number of para-hydroxylation sites is 1. The second-order valence-corrected chi connectivity index (χ2v) is 6.44. The highest BCUT2D eigenvalue weighted by Crippen LogP contribution is 2.40. The first kappa shape index (κ1) is 16.2. The Morgan fingerprint density at radius 1 is 1.12 bits per heavy atom. The van der Waals surface area contributed by atoms with E-state index in [1.54, 1.807) is 12.1 Å². The maximum Gasteiger partial charge on any atom is 0.240 e. The molecule has 0 aromatic heterocycles. The molecule has 0 spiro atoms. The predicted octanol–water partition coefficient (Wildman–Crippen LogP) is 2.77. The second kappa shape index (κ2) is 6.07. The van der Waals surface area contributed by atoms with Crippen molar-refractivity contribution in [1.29, 1.82) is 0 Å². The van der Waals surface area contributed by atoms with Crippen molar-refractivity contribution in [2.45, 2.75) is 25.8 Å². The Kier molecular flexibility index (Phi) is 4.09. The summed E-state index contributed by atoms with van der Waals surface area (Å²) in [5.74, 6) is -0.646. The molecule has 0 saturated carbocycles. The van der Waals surface area contributed by atoms with Crippen LogP contribution in [-0.2, 0) is 21.5 Å². The molecule has 0 saturated heterocycles. The Hall–Kier alpha value is -2.69. The highest BCUT2D eigenvalue weighted by Gasteiger charge is 2.43. The minimum atomic E-state index is -0.631. The summed E-state index contributed by atoms with van der Waals surface area (Å²) in [6.07, 6.45) is 0. The molecule has 0 radical (unpaired) electrons. The highest BCUT2D eigenvalue weighted by molar-refractivity contribution is 6.10. The number of amides is 2. The van der Waals surface area contributed by atoms with Gasteiger partial charge >= 0.3 is 0 Å². The minimum absolute atomic E-state index is 0.0273. The molecule has 124 valence electrons. The summed E-state index contributed by atoms with van der Waals surface area (Å²) in [6, 6.07) is 13.5. The number of hydrogen-bond donors (Lipinski definition) is 1. The fourth-order valence-electron chi connectivity index (χ4n) is 2.96. The summed E-state index contributed by atoms with van der Waals surface area (Å²) in [6.45, 7) is 4.00. The van der Waals surface area contributed by atoms with Crippen LogP contribution in [0.25, 0.3) is 0 Å². The molecule has 1 aliphatic heterocycles. The summed E-state index contributed by atoms with van der Waals surface area (Å²) < 4.78 is 12.9. The van der Waals surface area contributed by atoms with Crippen LogP contribution in [0.15, 0.2) is 48.5 Å². The third-order valence-electron chi connectivity index (χ3n) is 4.35. The third-order valence-corrected chi connectivity index (χ3v) is 4.35. The maximum atomic E-state index is 12.9. The Labute approximate surface area is 140 Å². The molecule has 1 N–H and O–H groups in total. The van der Waals surface area contributed by atoms with Gasteiger partial charge in [-0.15, -0.1) is 0 Å². The van der Waals surface area contributed by atoms with Gasteiger partial charge in [0, 0.05) is 12.2 Å². The lowest BCUT2D eigenvalue weighted by Crippen LogP contribution is -2.42. The van der Waals surface area contributed by atoms with Crippen LogP contribution < -0.4 is 10.2 Å². The molecule has 5 heteroatoms. The van der Waals surface area contributed by atoms with Crippen LogP contribution in [0.4, 0.5) is 10.1 Å². The largest absolute Gasteiger partial charge is 0.350 e. The zero-order valence-electron chi connectivity index (χ0n) is 13.7. The molecule has 0 aliphatic carbocycles. The van der Waals surface area contributed by atoms with Crippen LogP contribution in [0.5, 0.6) is 0 Å². The van der Waals surface area contributed by atoms with Gasteiger partial charge in [0.15, 0.2) is 0 Å². The molecule has 1 heterocycles. The van der Waals surface area contributed by atoms with Crippen molar-refractivity contribution >= 4 is 17.5 Å². The van der Waals surface area contributed by atoms with Gasteiger partial charge in [0.1, 0.15) is 12.4 Å². The molecule has 0 unspecified atom stereocenters. The number of anilines is 1. The van der Waals surface area contributed by atoms with E-state index in [-0.39, 0.29) is 24.2 Å². The SMILES string of the molecule is CC1(C)C(=O)N(CC(=O)NCc2ccc(F)cc2)c2ccccc21. The van der Waals surface area contributed by atoms with E-state index >= 15 is 0 Å². The first-order valence-corrected chi connectivity index (χ1v) is 7.82. The number of benzene rings is 2. The van der Waals surface area contributed by atoms with Crippen LogP contribution in [0, 0.1) is 5.82 Å². The monoisotopic (exact) mass is 326 g/mol. The molecule has 24 heavy (non-hydrogen) atoms. The Morgan fingerprint density at radius 2 is 1.79 bits per heavy atom. The van der Waals surface area contributed by atoms with Crippen molar-refractivity contribution in [1.82, 2.24) is 5.32 Å². The van der Waals surface area contributed by atoms with Gasteiger partial charge in [-0.05, 0) is 43.2 Å². The molecule has 0 bridgehead atoms. The van der Waals surface area contributed by atoms with Gasteiger partial charge in [-0.2, -0.15) is 0 Å². The number of nitrogens with one attached hydrogen (secondary N) is 1. The van der Waals surface area contributed by atoms with Crippen molar-refractivity contribution in [3.05, 3.63) is 65.5 Å². The first-order chi connectivity index (χ1) is 11.4. The highest BCUT2D eigenvalue weighted by atomic mass is 19.1. The summed E-state index contributed by atoms with van der Waals surface area (Å²) >= 11 is 0.